The minimum absolute atomic E-state index is 0.0137. The standard InChI is InChI=1S/C16H16N2O2.C2H6/c1-18-14-7-6-13(17)11-8-12(14)16(20)10-5-3-2-4-9(10)15(11)19;1-2/h2-7,11-12,18H,8,17H2,1H3;1-2H3. The van der Waals surface area contributed by atoms with Crippen molar-refractivity contribution < 1.29 is 9.59 Å². The van der Waals surface area contributed by atoms with Crippen LogP contribution in [0.4, 0.5) is 0 Å². The van der Waals surface area contributed by atoms with Gasteiger partial charge in [-0.1, -0.05) is 38.1 Å². The molecule has 2 unspecified atom stereocenters. The third-order valence-electron chi connectivity index (χ3n) is 4.08. The molecule has 2 aliphatic carbocycles. The average Bonchev–Trinajstić information content (AvgIpc) is 2.80. The second-order valence-corrected chi connectivity index (χ2v) is 5.15. The first-order valence-corrected chi connectivity index (χ1v) is 7.66. The Balaban J connectivity index is 0.000000847. The highest BCUT2D eigenvalue weighted by Crippen LogP contribution is 2.35. The molecular formula is C18H22N2O2. The van der Waals surface area contributed by atoms with E-state index in [9.17, 15) is 9.59 Å². The van der Waals surface area contributed by atoms with Crippen LogP contribution in [0.5, 0.6) is 0 Å². The molecule has 1 aromatic carbocycles. The summed E-state index contributed by atoms with van der Waals surface area (Å²) in [5.74, 6) is -0.833. The average molecular weight is 298 g/mol. The SMILES string of the molecule is CC.CNC1=CC=C(N)C2CC1C(=O)c1ccccc1C2=O. The molecule has 4 nitrogen and oxygen atoms in total. The molecule has 1 aromatic rings. The smallest absolute Gasteiger partial charge is 0.172 e. The number of Topliss-reactive ketones (excluding diaryl/α,β-unsaturated/α-hetero) is 2. The molecule has 0 saturated heterocycles. The quantitative estimate of drug-likeness (QED) is 0.836. The van der Waals surface area contributed by atoms with Crippen molar-refractivity contribution in [3.63, 3.8) is 0 Å². The molecule has 3 N–H and O–H groups in total. The monoisotopic (exact) mass is 298 g/mol. The van der Waals surface area contributed by atoms with E-state index in [1.807, 2.05) is 13.8 Å². The molecular weight excluding hydrogens is 276 g/mol. The zero-order chi connectivity index (χ0) is 16.3. The van der Waals surface area contributed by atoms with Crippen molar-refractivity contribution >= 4 is 11.6 Å². The number of ketones is 2. The first kappa shape index (κ1) is 16.0. The molecule has 0 radical (unpaired) electrons. The van der Waals surface area contributed by atoms with Crippen molar-refractivity contribution in [2.75, 3.05) is 7.05 Å². The number of benzene rings is 1. The summed E-state index contributed by atoms with van der Waals surface area (Å²) in [7, 11) is 1.78. The summed E-state index contributed by atoms with van der Waals surface area (Å²) in [6.45, 7) is 4.00. The van der Waals surface area contributed by atoms with E-state index < -0.39 is 5.92 Å². The Morgan fingerprint density at radius 1 is 1.00 bits per heavy atom. The molecule has 22 heavy (non-hydrogen) atoms. The summed E-state index contributed by atoms with van der Waals surface area (Å²) in [6.07, 6.45) is 3.97. The summed E-state index contributed by atoms with van der Waals surface area (Å²) in [5.41, 5.74) is 8.34. The van der Waals surface area contributed by atoms with Crippen molar-refractivity contribution in [3.05, 3.63) is 58.9 Å². The van der Waals surface area contributed by atoms with Crippen molar-refractivity contribution in [1.82, 2.24) is 5.32 Å². The van der Waals surface area contributed by atoms with Crippen molar-refractivity contribution in [3.8, 4) is 0 Å². The number of carbonyl (C=O) groups is 2. The molecule has 0 heterocycles. The Morgan fingerprint density at radius 2 is 1.55 bits per heavy atom. The molecule has 0 amide bonds. The van der Waals surface area contributed by atoms with Crippen LogP contribution in [0.2, 0.25) is 0 Å². The number of hydrogen-bond acceptors (Lipinski definition) is 4. The second-order valence-electron chi connectivity index (χ2n) is 5.15. The Labute approximate surface area is 131 Å². The molecule has 2 atom stereocenters. The fraction of sp³-hybridized carbons (Fsp3) is 0.333. The van der Waals surface area contributed by atoms with Gasteiger partial charge < -0.3 is 11.1 Å². The highest BCUT2D eigenvalue weighted by atomic mass is 16.1. The number of allylic oxidation sites excluding steroid dienone is 4. The van der Waals surface area contributed by atoms with Crippen LogP contribution in [0.1, 0.15) is 41.0 Å². The summed E-state index contributed by atoms with van der Waals surface area (Å²) >= 11 is 0. The topological polar surface area (TPSA) is 72.2 Å². The van der Waals surface area contributed by atoms with Gasteiger partial charge in [0.1, 0.15) is 0 Å². The molecule has 0 fully saturated rings. The van der Waals surface area contributed by atoms with E-state index in [4.69, 9.17) is 5.73 Å². The first-order valence-electron chi connectivity index (χ1n) is 7.66. The van der Waals surface area contributed by atoms with Gasteiger partial charge in [0, 0.05) is 29.6 Å². The van der Waals surface area contributed by atoms with Crippen LogP contribution >= 0.6 is 0 Å². The molecule has 2 bridgehead atoms. The summed E-state index contributed by atoms with van der Waals surface area (Å²) in [5, 5.41) is 3.05. The summed E-state index contributed by atoms with van der Waals surface area (Å²) in [4.78, 5) is 25.4. The second kappa shape index (κ2) is 6.60. The third kappa shape index (κ3) is 2.56. The Morgan fingerprint density at radius 3 is 2.09 bits per heavy atom. The van der Waals surface area contributed by atoms with Crippen LogP contribution < -0.4 is 11.1 Å². The molecule has 116 valence electrons. The van der Waals surface area contributed by atoms with Gasteiger partial charge >= 0.3 is 0 Å². The molecule has 0 aliphatic heterocycles. The van der Waals surface area contributed by atoms with E-state index in [0.29, 0.717) is 23.2 Å². The lowest BCUT2D eigenvalue weighted by atomic mass is 9.88. The van der Waals surface area contributed by atoms with E-state index in [-0.39, 0.29) is 17.5 Å². The molecule has 0 saturated carbocycles. The van der Waals surface area contributed by atoms with E-state index in [1.165, 1.54) is 0 Å². The fourth-order valence-corrected chi connectivity index (χ4v) is 2.97. The van der Waals surface area contributed by atoms with Crippen molar-refractivity contribution in [1.29, 1.82) is 0 Å². The molecule has 2 aliphatic rings. The predicted molar refractivity (Wildman–Crippen MR) is 87.5 cm³/mol. The Kier molecular flexibility index (Phi) is 4.81. The zero-order valence-electron chi connectivity index (χ0n) is 13.2. The highest BCUT2D eigenvalue weighted by molar-refractivity contribution is 6.13. The number of hydrogen-bond donors (Lipinski definition) is 2. The molecule has 0 aromatic heterocycles. The number of carbonyl (C=O) groups excluding carboxylic acids is 2. The predicted octanol–water partition coefficient (Wildman–Crippen LogP) is 2.67. The number of nitrogens with two attached hydrogens (primary N) is 1. The van der Waals surface area contributed by atoms with Crippen LogP contribution in [-0.4, -0.2) is 18.6 Å². The number of fused-ring (bicyclic) bond motifs is 3. The van der Waals surface area contributed by atoms with E-state index in [0.717, 1.165) is 5.70 Å². The van der Waals surface area contributed by atoms with Crippen molar-refractivity contribution in [2.24, 2.45) is 17.6 Å². The maximum Gasteiger partial charge on any atom is 0.172 e. The van der Waals surface area contributed by atoms with Gasteiger partial charge in [0.2, 0.25) is 0 Å². The lowest BCUT2D eigenvalue weighted by Crippen LogP contribution is -2.26. The molecule has 4 heteroatoms. The maximum atomic E-state index is 12.7. The summed E-state index contributed by atoms with van der Waals surface area (Å²) in [6, 6.07) is 7.00. The minimum Gasteiger partial charge on any atom is -0.401 e. The van der Waals surface area contributed by atoms with E-state index in [1.54, 1.807) is 43.5 Å². The van der Waals surface area contributed by atoms with Gasteiger partial charge in [-0.2, -0.15) is 0 Å². The largest absolute Gasteiger partial charge is 0.401 e. The Bertz CT molecular complexity index is 659. The van der Waals surface area contributed by atoms with Crippen LogP contribution in [0, 0.1) is 11.8 Å². The van der Waals surface area contributed by atoms with Crippen LogP contribution in [-0.2, 0) is 0 Å². The van der Waals surface area contributed by atoms with E-state index >= 15 is 0 Å². The first-order chi connectivity index (χ1) is 10.6. The molecule has 3 rings (SSSR count). The normalized spacial score (nSPS) is 23.0. The van der Waals surface area contributed by atoms with Gasteiger partial charge in [0.05, 0.1) is 11.8 Å². The third-order valence-corrected chi connectivity index (χ3v) is 4.08. The van der Waals surface area contributed by atoms with Gasteiger partial charge in [-0.3, -0.25) is 9.59 Å². The van der Waals surface area contributed by atoms with Gasteiger partial charge in [-0.25, -0.2) is 0 Å². The van der Waals surface area contributed by atoms with Gasteiger partial charge in [-0.05, 0) is 18.6 Å². The minimum atomic E-state index is -0.422. The van der Waals surface area contributed by atoms with E-state index in [2.05, 4.69) is 5.32 Å². The maximum absolute atomic E-state index is 12.7. The number of nitrogens with one attached hydrogen (secondary N) is 1. The van der Waals surface area contributed by atoms with Crippen LogP contribution in [0.3, 0.4) is 0 Å². The van der Waals surface area contributed by atoms with Gasteiger partial charge in [0.15, 0.2) is 11.6 Å². The lowest BCUT2D eigenvalue weighted by molar-refractivity contribution is 0.0910. The van der Waals surface area contributed by atoms with Crippen molar-refractivity contribution in [2.45, 2.75) is 20.3 Å². The van der Waals surface area contributed by atoms with Crippen LogP contribution in [0.25, 0.3) is 0 Å². The lowest BCUT2D eigenvalue weighted by Gasteiger charge is -2.18. The highest BCUT2D eigenvalue weighted by Gasteiger charge is 2.38. The van der Waals surface area contributed by atoms with Crippen LogP contribution in [0.15, 0.2) is 47.8 Å². The number of rotatable bonds is 1. The van der Waals surface area contributed by atoms with Gasteiger partial charge in [-0.15, -0.1) is 0 Å². The van der Waals surface area contributed by atoms with Gasteiger partial charge in [0.25, 0.3) is 0 Å². The fourth-order valence-electron chi connectivity index (χ4n) is 2.97. The molecule has 0 spiro atoms. The summed E-state index contributed by atoms with van der Waals surface area (Å²) < 4.78 is 0. The zero-order valence-corrected chi connectivity index (χ0v) is 13.2. The Hall–Kier alpha value is -2.36.